The first-order valence-corrected chi connectivity index (χ1v) is 8.62. The van der Waals surface area contributed by atoms with Crippen molar-refractivity contribution in [3.63, 3.8) is 0 Å². The lowest BCUT2D eigenvalue weighted by atomic mass is 9.88. The first kappa shape index (κ1) is 15.6. The second kappa shape index (κ2) is 6.20. The largest absolute Gasteiger partial charge is 0.328 e. The van der Waals surface area contributed by atoms with Gasteiger partial charge in [0.25, 0.3) is 0 Å². The van der Waals surface area contributed by atoms with Gasteiger partial charge in [-0.3, -0.25) is 0 Å². The van der Waals surface area contributed by atoms with Crippen molar-refractivity contribution in [2.75, 3.05) is 5.32 Å². The van der Waals surface area contributed by atoms with E-state index in [4.69, 9.17) is 0 Å². The minimum atomic E-state index is -0.278. The van der Waals surface area contributed by atoms with E-state index in [1.807, 2.05) is 37.3 Å². The predicted molar refractivity (Wildman–Crippen MR) is 96.5 cm³/mol. The maximum Gasteiger partial charge on any atom is 0.319 e. The summed E-state index contributed by atoms with van der Waals surface area (Å²) < 4.78 is 1.67. The highest BCUT2D eigenvalue weighted by atomic mass is 16.2. The van der Waals surface area contributed by atoms with E-state index in [2.05, 4.69) is 32.8 Å². The Morgan fingerprint density at radius 1 is 1.12 bits per heavy atom. The first-order valence-electron chi connectivity index (χ1n) is 8.62. The number of amides is 2. The van der Waals surface area contributed by atoms with Gasteiger partial charge in [-0.1, -0.05) is 43.2 Å². The number of aromatic nitrogens is 3. The summed E-state index contributed by atoms with van der Waals surface area (Å²) in [6.45, 7) is 1.84. The van der Waals surface area contributed by atoms with Gasteiger partial charge in [0.05, 0.1) is 17.4 Å². The molecule has 2 aromatic heterocycles. The number of pyridine rings is 1. The molecule has 128 valence electrons. The highest BCUT2D eigenvalue weighted by molar-refractivity contribution is 5.89. The molecule has 1 fully saturated rings. The van der Waals surface area contributed by atoms with Crippen molar-refractivity contribution in [2.24, 2.45) is 0 Å². The molecule has 2 heterocycles. The van der Waals surface area contributed by atoms with Gasteiger partial charge in [-0.2, -0.15) is 5.10 Å². The van der Waals surface area contributed by atoms with Crippen molar-refractivity contribution in [3.8, 4) is 0 Å². The molecule has 2 N–H and O–H groups in total. The Balaban J connectivity index is 1.53. The lowest BCUT2D eigenvalue weighted by Crippen LogP contribution is -2.45. The Bertz CT molecular complexity index is 897. The predicted octanol–water partition coefficient (Wildman–Crippen LogP) is 3.63. The molecule has 6 nitrogen and oxygen atoms in total. The summed E-state index contributed by atoms with van der Waals surface area (Å²) in [6, 6.07) is 13.7. The third-order valence-corrected chi connectivity index (χ3v) is 4.83. The van der Waals surface area contributed by atoms with Gasteiger partial charge < -0.3 is 10.6 Å². The minimum Gasteiger partial charge on any atom is -0.328 e. The smallest absolute Gasteiger partial charge is 0.319 e. The van der Waals surface area contributed by atoms with E-state index in [-0.39, 0.29) is 11.6 Å². The summed E-state index contributed by atoms with van der Waals surface area (Å²) in [5.74, 6) is 0.704. The van der Waals surface area contributed by atoms with Crippen molar-refractivity contribution in [1.29, 1.82) is 0 Å². The fraction of sp³-hybridized carbons (Fsp3) is 0.316. The van der Waals surface area contributed by atoms with Crippen molar-refractivity contribution in [3.05, 3.63) is 60.0 Å². The number of carbonyl (C=O) groups excluding carboxylic acids is 1. The van der Waals surface area contributed by atoms with E-state index in [1.165, 1.54) is 5.56 Å². The molecule has 0 saturated heterocycles. The molecule has 4 rings (SSSR count). The average molecular weight is 335 g/mol. The van der Waals surface area contributed by atoms with E-state index in [1.54, 1.807) is 10.7 Å². The highest BCUT2D eigenvalue weighted by Gasteiger charge is 2.36. The number of anilines is 1. The maximum absolute atomic E-state index is 12.6. The van der Waals surface area contributed by atoms with E-state index < -0.39 is 0 Å². The molecule has 1 aliphatic carbocycles. The Morgan fingerprint density at radius 2 is 1.88 bits per heavy atom. The van der Waals surface area contributed by atoms with Gasteiger partial charge >= 0.3 is 6.03 Å². The number of nitrogens with one attached hydrogen (secondary N) is 2. The third kappa shape index (κ3) is 3.07. The quantitative estimate of drug-likeness (QED) is 0.768. The van der Waals surface area contributed by atoms with Crippen LogP contribution in [-0.2, 0) is 5.54 Å². The molecule has 6 heteroatoms. The summed E-state index contributed by atoms with van der Waals surface area (Å²) >= 11 is 0. The van der Waals surface area contributed by atoms with Crippen LogP contribution in [0.1, 0.15) is 37.1 Å². The molecular weight excluding hydrogens is 314 g/mol. The molecule has 0 bridgehead atoms. The number of urea groups is 1. The number of fused-ring (bicyclic) bond motifs is 1. The molecule has 3 aromatic rings. The summed E-state index contributed by atoms with van der Waals surface area (Å²) in [4.78, 5) is 16.9. The summed E-state index contributed by atoms with van der Waals surface area (Å²) in [7, 11) is 0. The van der Waals surface area contributed by atoms with Crippen LogP contribution in [0.15, 0.2) is 48.7 Å². The maximum atomic E-state index is 12.6. The number of hydrogen-bond acceptors (Lipinski definition) is 3. The zero-order chi connectivity index (χ0) is 17.3. The van der Waals surface area contributed by atoms with Gasteiger partial charge in [-0.15, -0.1) is 0 Å². The van der Waals surface area contributed by atoms with Crippen LogP contribution >= 0.6 is 0 Å². The zero-order valence-corrected chi connectivity index (χ0v) is 14.2. The van der Waals surface area contributed by atoms with Crippen molar-refractivity contribution in [1.82, 2.24) is 19.9 Å². The number of rotatable bonds is 3. The van der Waals surface area contributed by atoms with Crippen LogP contribution in [0, 0.1) is 6.92 Å². The molecule has 0 spiro atoms. The molecule has 0 unspecified atom stereocenters. The summed E-state index contributed by atoms with van der Waals surface area (Å²) in [5, 5.41) is 10.4. The minimum absolute atomic E-state index is 0.193. The van der Waals surface area contributed by atoms with Crippen molar-refractivity contribution < 1.29 is 4.79 Å². The molecule has 25 heavy (non-hydrogen) atoms. The number of benzene rings is 1. The first-order chi connectivity index (χ1) is 12.1. The summed E-state index contributed by atoms with van der Waals surface area (Å²) in [5.41, 5.74) is 2.35. The molecule has 1 aromatic carbocycles. The standard InChI is InChI=1S/C19H21N5O/c1-14-20-17-10-9-16(13-24(17)23-14)21-18(25)22-19(11-5-6-12-19)15-7-3-2-4-8-15/h2-4,7-10,13H,5-6,11-12H2,1H3,(H2,21,22,25). The highest BCUT2D eigenvalue weighted by Crippen LogP contribution is 2.38. The lowest BCUT2D eigenvalue weighted by molar-refractivity contribution is 0.236. The van der Waals surface area contributed by atoms with Gasteiger partial charge in [0, 0.05) is 0 Å². The Morgan fingerprint density at radius 3 is 2.64 bits per heavy atom. The SMILES string of the molecule is Cc1nc2ccc(NC(=O)NC3(c4ccccc4)CCCC3)cn2n1. The van der Waals surface area contributed by atoms with Crippen LogP contribution < -0.4 is 10.6 Å². The van der Waals surface area contributed by atoms with E-state index in [0.717, 1.165) is 31.3 Å². The third-order valence-electron chi connectivity index (χ3n) is 4.83. The van der Waals surface area contributed by atoms with Crippen LogP contribution in [0.4, 0.5) is 10.5 Å². The number of hydrogen-bond donors (Lipinski definition) is 2. The fourth-order valence-electron chi connectivity index (χ4n) is 3.67. The molecular formula is C19H21N5O. The molecule has 2 amide bonds. The second-order valence-electron chi connectivity index (χ2n) is 6.61. The van der Waals surface area contributed by atoms with Crippen LogP contribution in [-0.4, -0.2) is 20.6 Å². The van der Waals surface area contributed by atoms with Gasteiger partial charge in [0.2, 0.25) is 0 Å². The molecule has 1 saturated carbocycles. The molecule has 0 radical (unpaired) electrons. The fourth-order valence-corrected chi connectivity index (χ4v) is 3.67. The zero-order valence-electron chi connectivity index (χ0n) is 14.2. The second-order valence-corrected chi connectivity index (χ2v) is 6.61. The van der Waals surface area contributed by atoms with Crippen LogP contribution in [0.2, 0.25) is 0 Å². The van der Waals surface area contributed by atoms with E-state index in [9.17, 15) is 4.79 Å². The Hall–Kier alpha value is -2.89. The van der Waals surface area contributed by atoms with Gasteiger partial charge in [-0.25, -0.2) is 14.3 Å². The van der Waals surface area contributed by atoms with Crippen molar-refractivity contribution >= 4 is 17.4 Å². The van der Waals surface area contributed by atoms with Gasteiger partial charge in [0.15, 0.2) is 5.65 Å². The van der Waals surface area contributed by atoms with Gasteiger partial charge in [0.1, 0.15) is 5.82 Å². The average Bonchev–Trinajstić information content (AvgIpc) is 3.21. The lowest BCUT2D eigenvalue weighted by Gasteiger charge is -2.31. The molecule has 0 aliphatic heterocycles. The Kier molecular flexibility index (Phi) is 3.87. The number of aryl methyl sites for hydroxylation is 1. The van der Waals surface area contributed by atoms with Gasteiger partial charge in [-0.05, 0) is 37.5 Å². The summed E-state index contributed by atoms with van der Waals surface area (Å²) in [6.07, 6.45) is 5.95. The van der Waals surface area contributed by atoms with E-state index in [0.29, 0.717) is 11.5 Å². The topological polar surface area (TPSA) is 71.3 Å². The van der Waals surface area contributed by atoms with Crippen LogP contribution in [0.5, 0.6) is 0 Å². The number of nitrogens with zero attached hydrogens (tertiary/aromatic N) is 3. The van der Waals surface area contributed by atoms with E-state index >= 15 is 0 Å². The molecule has 0 atom stereocenters. The van der Waals surface area contributed by atoms with Crippen molar-refractivity contribution in [2.45, 2.75) is 38.1 Å². The number of carbonyl (C=O) groups is 1. The Labute approximate surface area is 146 Å². The monoisotopic (exact) mass is 335 g/mol. The molecule has 1 aliphatic rings. The normalized spacial score (nSPS) is 16.0. The van der Waals surface area contributed by atoms with Crippen LogP contribution in [0.3, 0.4) is 0 Å². The van der Waals surface area contributed by atoms with Crippen LogP contribution in [0.25, 0.3) is 5.65 Å².